The van der Waals surface area contributed by atoms with Gasteiger partial charge in [0.05, 0.1) is 5.41 Å². The second kappa shape index (κ2) is 5.00. The van der Waals surface area contributed by atoms with Crippen LogP contribution in [0.3, 0.4) is 0 Å². The average Bonchev–Trinajstić information content (AvgIpc) is 2.49. The molecule has 0 aromatic heterocycles. The van der Waals surface area contributed by atoms with Crippen LogP contribution < -0.4 is 0 Å². The van der Waals surface area contributed by atoms with Gasteiger partial charge in [-0.3, -0.25) is 4.79 Å². The monoisotopic (exact) mass is 212 g/mol. The smallest absolute Gasteiger partial charge is 0.309 e. The Morgan fingerprint density at radius 2 is 2.27 bits per heavy atom. The Bertz CT molecular complexity index is 225. The summed E-state index contributed by atoms with van der Waals surface area (Å²) in [5.74, 6) is 0.584. The largest absolute Gasteiger partial charge is 0.481 e. The van der Waals surface area contributed by atoms with Crippen LogP contribution in [0.25, 0.3) is 0 Å². The molecule has 1 fully saturated rings. The van der Waals surface area contributed by atoms with Crippen molar-refractivity contribution in [3.8, 4) is 0 Å². The molecule has 0 spiro atoms. The number of carbonyl (C=O) groups is 1. The van der Waals surface area contributed by atoms with E-state index >= 15 is 0 Å². The molecule has 88 valence electrons. The van der Waals surface area contributed by atoms with Crippen molar-refractivity contribution in [1.82, 2.24) is 0 Å². The molecular formula is C13H24O2. The third kappa shape index (κ3) is 2.96. The number of hydrogen-bond acceptors (Lipinski definition) is 1. The van der Waals surface area contributed by atoms with Crippen molar-refractivity contribution in [2.75, 3.05) is 0 Å². The predicted molar refractivity (Wildman–Crippen MR) is 61.8 cm³/mol. The molecule has 0 aromatic carbocycles. The fourth-order valence-electron chi connectivity index (χ4n) is 3.12. The first kappa shape index (κ1) is 12.5. The van der Waals surface area contributed by atoms with Gasteiger partial charge in [-0.2, -0.15) is 0 Å². The van der Waals surface area contributed by atoms with E-state index in [1.54, 1.807) is 0 Å². The molecule has 1 aliphatic rings. The standard InChI is InChI=1S/C13H24O2/c1-4-5-10(2)8-13(12(14)15)7-6-11(3)9-13/h10-11H,4-9H2,1-3H3,(H,14,15). The first-order valence-corrected chi connectivity index (χ1v) is 6.23. The van der Waals surface area contributed by atoms with Gasteiger partial charge in [0.1, 0.15) is 0 Å². The minimum absolute atomic E-state index is 0.395. The van der Waals surface area contributed by atoms with Gasteiger partial charge < -0.3 is 5.11 Å². The molecule has 0 radical (unpaired) electrons. The Hall–Kier alpha value is -0.530. The van der Waals surface area contributed by atoms with Crippen molar-refractivity contribution in [3.63, 3.8) is 0 Å². The first-order chi connectivity index (χ1) is 7.00. The maximum Gasteiger partial charge on any atom is 0.309 e. The van der Waals surface area contributed by atoms with Gasteiger partial charge in [0.15, 0.2) is 0 Å². The van der Waals surface area contributed by atoms with Crippen LogP contribution in [0.4, 0.5) is 0 Å². The molecule has 0 amide bonds. The van der Waals surface area contributed by atoms with E-state index in [-0.39, 0.29) is 0 Å². The topological polar surface area (TPSA) is 37.3 Å². The van der Waals surface area contributed by atoms with E-state index < -0.39 is 11.4 Å². The van der Waals surface area contributed by atoms with Crippen LogP contribution in [-0.2, 0) is 4.79 Å². The average molecular weight is 212 g/mol. The molecule has 0 saturated heterocycles. The third-order valence-corrected chi connectivity index (χ3v) is 3.83. The van der Waals surface area contributed by atoms with Gasteiger partial charge >= 0.3 is 5.97 Å². The number of hydrogen-bond donors (Lipinski definition) is 1. The summed E-state index contributed by atoms with van der Waals surface area (Å²) in [6.45, 7) is 6.54. The molecule has 1 saturated carbocycles. The predicted octanol–water partition coefficient (Wildman–Crippen LogP) is 3.70. The highest BCUT2D eigenvalue weighted by atomic mass is 16.4. The molecule has 1 rings (SSSR count). The van der Waals surface area contributed by atoms with Crippen molar-refractivity contribution < 1.29 is 9.90 Å². The Kier molecular flexibility index (Phi) is 4.18. The number of carboxylic acids is 1. The van der Waals surface area contributed by atoms with Gasteiger partial charge in [0, 0.05) is 0 Å². The number of rotatable bonds is 5. The lowest BCUT2D eigenvalue weighted by atomic mass is 9.76. The highest BCUT2D eigenvalue weighted by molar-refractivity contribution is 5.75. The van der Waals surface area contributed by atoms with Crippen molar-refractivity contribution in [1.29, 1.82) is 0 Å². The second-order valence-electron chi connectivity index (χ2n) is 5.53. The molecule has 3 atom stereocenters. The molecule has 0 aromatic rings. The van der Waals surface area contributed by atoms with E-state index in [9.17, 15) is 9.90 Å². The fourth-order valence-corrected chi connectivity index (χ4v) is 3.12. The summed E-state index contributed by atoms with van der Waals surface area (Å²) in [7, 11) is 0. The first-order valence-electron chi connectivity index (χ1n) is 6.23. The van der Waals surface area contributed by atoms with Gasteiger partial charge in [-0.15, -0.1) is 0 Å². The Morgan fingerprint density at radius 3 is 2.67 bits per heavy atom. The van der Waals surface area contributed by atoms with Crippen LogP contribution in [0.2, 0.25) is 0 Å². The van der Waals surface area contributed by atoms with E-state index in [0.717, 1.165) is 38.5 Å². The Balaban J connectivity index is 2.62. The molecule has 1 aliphatic carbocycles. The normalized spacial score (nSPS) is 32.9. The van der Waals surface area contributed by atoms with Gasteiger partial charge in [0.25, 0.3) is 0 Å². The molecule has 0 aliphatic heterocycles. The minimum Gasteiger partial charge on any atom is -0.481 e. The van der Waals surface area contributed by atoms with E-state index in [1.807, 2.05) is 0 Å². The number of carboxylic acid groups (broad SMARTS) is 1. The molecule has 2 heteroatoms. The van der Waals surface area contributed by atoms with Crippen LogP contribution >= 0.6 is 0 Å². The van der Waals surface area contributed by atoms with Crippen molar-refractivity contribution in [2.24, 2.45) is 17.3 Å². The molecular weight excluding hydrogens is 188 g/mol. The van der Waals surface area contributed by atoms with Crippen molar-refractivity contribution in [2.45, 2.75) is 59.3 Å². The summed E-state index contributed by atoms with van der Waals surface area (Å²) in [5, 5.41) is 9.40. The summed E-state index contributed by atoms with van der Waals surface area (Å²) in [4.78, 5) is 11.4. The van der Waals surface area contributed by atoms with Gasteiger partial charge in [-0.05, 0) is 37.5 Å². The van der Waals surface area contributed by atoms with Crippen LogP contribution in [0.15, 0.2) is 0 Å². The van der Waals surface area contributed by atoms with Crippen LogP contribution in [-0.4, -0.2) is 11.1 Å². The summed E-state index contributed by atoms with van der Waals surface area (Å²) < 4.78 is 0. The molecule has 2 nitrogen and oxygen atoms in total. The molecule has 0 bridgehead atoms. The Morgan fingerprint density at radius 1 is 1.60 bits per heavy atom. The lowest BCUT2D eigenvalue weighted by Gasteiger charge is -2.27. The second-order valence-corrected chi connectivity index (χ2v) is 5.53. The summed E-state index contributed by atoms with van der Waals surface area (Å²) in [6.07, 6.45) is 6.05. The third-order valence-electron chi connectivity index (χ3n) is 3.83. The van der Waals surface area contributed by atoms with E-state index in [0.29, 0.717) is 11.8 Å². The number of aliphatic carboxylic acids is 1. The zero-order chi connectivity index (χ0) is 11.5. The van der Waals surface area contributed by atoms with Gasteiger partial charge in [-0.1, -0.05) is 33.6 Å². The van der Waals surface area contributed by atoms with Crippen LogP contribution in [0.1, 0.15) is 59.3 Å². The highest BCUT2D eigenvalue weighted by Crippen LogP contribution is 2.46. The van der Waals surface area contributed by atoms with Crippen LogP contribution in [0, 0.1) is 17.3 Å². The van der Waals surface area contributed by atoms with Crippen molar-refractivity contribution in [3.05, 3.63) is 0 Å². The van der Waals surface area contributed by atoms with Crippen molar-refractivity contribution >= 4 is 5.97 Å². The van der Waals surface area contributed by atoms with E-state index in [4.69, 9.17) is 0 Å². The SMILES string of the molecule is CCCC(C)CC1(C(=O)O)CCC(C)C1. The minimum atomic E-state index is -0.560. The van der Waals surface area contributed by atoms with E-state index in [1.165, 1.54) is 0 Å². The van der Waals surface area contributed by atoms with E-state index in [2.05, 4.69) is 20.8 Å². The summed E-state index contributed by atoms with van der Waals surface area (Å²) >= 11 is 0. The highest BCUT2D eigenvalue weighted by Gasteiger charge is 2.44. The van der Waals surface area contributed by atoms with Gasteiger partial charge in [-0.25, -0.2) is 0 Å². The summed E-state index contributed by atoms with van der Waals surface area (Å²) in [5.41, 5.74) is -0.395. The lowest BCUT2D eigenvalue weighted by molar-refractivity contribution is -0.150. The zero-order valence-electron chi connectivity index (χ0n) is 10.3. The van der Waals surface area contributed by atoms with Crippen LogP contribution in [0.5, 0.6) is 0 Å². The summed E-state index contributed by atoms with van der Waals surface area (Å²) in [6, 6.07) is 0. The Labute approximate surface area is 93.1 Å². The maximum atomic E-state index is 11.4. The lowest BCUT2D eigenvalue weighted by Crippen LogP contribution is -2.30. The molecule has 3 unspecified atom stereocenters. The zero-order valence-corrected chi connectivity index (χ0v) is 10.3. The molecule has 15 heavy (non-hydrogen) atoms. The van der Waals surface area contributed by atoms with Gasteiger partial charge in [0.2, 0.25) is 0 Å². The fraction of sp³-hybridized carbons (Fsp3) is 0.923. The quantitative estimate of drug-likeness (QED) is 0.754. The maximum absolute atomic E-state index is 11.4. The molecule has 0 heterocycles. The molecule has 1 N–H and O–H groups in total.